The van der Waals surface area contributed by atoms with Crippen LogP contribution in [0.2, 0.25) is 0 Å². The lowest BCUT2D eigenvalue weighted by Gasteiger charge is -2.19. The van der Waals surface area contributed by atoms with Crippen LogP contribution in [0.4, 0.5) is 0 Å². The summed E-state index contributed by atoms with van der Waals surface area (Å²) in [6, 6.07) is 16.1. The Morgan fingerprint density at radius 2 is 1.87 bits per heavy atom. The standard InChI is InChI=1S/C26H34N2O3/c1-4-5-16-31-24-12-10-22(11-13-24)20(3)27-26(30)23-17-25(29)28(18-23)15-14-21-8-6-19(2)7-9-21/h6-13,20,23H,4-5,14-18H2,1-3H3,(H,27,30). The normalized spacial score (nSPS) is 16.9. The molecular weight excluding hydrogens is 388 g/mol. The Hall–Kier alpha value is -2.82. The van der Waals surface area contributed by atoms with Gasteiger partial charge in [0.1, 0.15) is 5.75 Å². The number of carbonyl (C=O) groups is 2. The Kier molecular flexibility index (Phi) is 8.10. The molecule has 3 rings (SSSR count). The van der Waals surface area contributed by atoms with Gasteiger partial charge in [0.05, 0.1) is 18.6 Å². The summed E-state index contributed by atoms with van der Waals surface area (Å²) < 4.78 is 5.70. The molecule has 0 bridgehead atoms. The van der Waals surface area contributed by atoms with Crippen LogP contribution in [-0.4, -0.2) is 36.4 Å². The van der Waals surface area contributed by atoms with Gasteiger partial charge in [-0.2, -0.15) is 0 Å². The molecule has 2 unspecified atom stereocenters. The first-order valence-electron chi connectivity index (χ1n) is 11.3. The van der Waals surface area contributed by atoms with Crippen LogP contribution in [-0.2, 0) is 16.0 Å². The van der Waals surface area contributed by atoms with Gasteiger partial charge in [-0.25, -0.2) is 0 Å². The van der Waals surface area contributed by atoms with Crippen LogP contribution >= 0.6 is 0 Å². The zero-order valence-corrected chi connectivity index (χ0v) is 18.9. The molecule has 1 saturated heterocycles. The zero-order chi connectivity index (χ0) is 22.2. The van der Waals surface area contributed by atoms with E-state index in [2.05, 4.69) is 43.4 Å². The third-order valence-corrected chi connectivity index (χ3v) is 5.88. The van der Waals surface area contributed by atoms with E-state index in [1.807, 2.05) is 36.1 Å². The van der Waals surface area contributed by atoms with Crippen molar-refractivity contribution in [1.82, 2.24) is 10.2 Å². The summed E-state index contributed by atoms with van der Waals surface area (Å²) in [6.45, 7) is 8.04. The predicted octanol–water partition coefficient (Wildman–Crippen LogP) is 4.44. The number of unbranched alkanes of at least 4 members (excludes halogenated alkanes) is 1. The smallest absolute Gasteiger partial charge is 0.225 e. The van der Waals surface area contributed by atoms with Gasteiger partial charge in [0, 0.05) is 19.5 Å². The van der Waals surface area contributed by atoms with E-state index in [-0.39, 0.29) is 30.2 Å². The molecule has 0 aromatic heterocycles. The fraction of sp³-hybridized carbons (Fsp3) is 0.462. The highest BCUT2D eigenvalue weighted by molar-refractivity contribution is 5.89. The first kappa shape index (κ1) is 22.9. The summed E-state index contributed by atoms with van der Waals surface area (Å²) in [6.07, 6.45) is 3.24. The summed E-state index contributed by atoms with van der Waals surface area (Å²) in [5.41, 5.74) is 3.46. The second-order valence-electron chi connectivity index (χ2n) is 8.48. The predicted molar refractivity (Wildman–Crippen MR) is 123 cm³/mol. The zero-order valence-electron chi connectivity index (χ0n) is 18.9. The molecule has 0 radical (unpaired) electrons. The average Bonchev–Trinajstić information content (AvgIpc) is 3.14. The summed E-state index contributed by atoms with van der Waals surface area (Å²) in [4.78, 5) is 27.0. The second kappa shape index (κ2) is 11.0. The fourth-order valence-electron chi connectivity index (χ4n) is 3.78. The molecule has 2 aromatic carbocycles. The lowest BCUT2D eigenvalue weighted by Crippen LogP contribution is -2.35. The minimum Gasteiger partial charge on any atom is -0.494 e. The molecular formula is C26H34N2O3. The van der Waals surface area contributed by atoms with Gasteiger partial charge in [-0.3, -0.25) is 9.59 Å². The maximum absolute atomic E-state index is 12.8. The summed E-state index contributed by atoms with van der Waals surface area (Å²) in [5.74, 6) is 0.571. The molecule has 166 valence electrons. The van der Waals surface area contributed by atoms with E-state index in [4.69, 9.17) is 4.74 Å². The molecule has 1 fully saturated rings. The number of benzene rings is 2. The maximum atomic E-state index is 12.8. The van der Waals surface area contributed by atoms with E-state index in [1.165, 1.54) is 11.1 Å². The molecule has 1 aliphatic rings. The van der Waals surface area contributed by atoms with E-state index < -0.39 is 0 Å². The lowest BCUT2D eigenvalue weighted by molar-refractivity contribution is -0.129. The van der Waals surface area contributed by atoms with Gasteiger partial charge in [-0.1, -0.05) is 55.3 Å². The molecule has 1 N–H and O–H groups in total. The van der Waals surface area contributed by atoms with E-state index in [0.29, 0.717) is 13.1 Å². The molecule has 1 heterocycles. The molecule has 2 atom stereocenters. The van der Waals surface area contributed by atoms with Crippen LogP contribution in [0.3, 0.4) is 0 Å². The molecule has 2 amide bonds. The first-order chi connectivity index (χ1) is 15.0. The van der Waals surface area contributed by atoms with Gasteiger partial charge in [0.2, 0.25) is 11.8 Å². The van der Waals surface area contributed by atoms with Gasteiger partial charge < -0.3 is 15.0 Å². The SMILES string of the molecule is CCCCOc1ccc(C(C)NC(=O)C2CC(=O)N(CCc3ccc(C)cc3)C2)cc1. The van der Waals surface area contributed by atoms with E-state index in [0.717, 1.165) is 37.2 Å². The minimum absolute atomic E-state index is 0.0537. The van der Waals surface area contributed by atoms with Crippen LogP contribution < -0.4 is 10.1 Å². The molecule has 2 aromatic rings. The second-order valence-corrected chi connectivity index (χ2v) is 8.48. The first-order valence-corrected chi connectivity index (χ1v) is 11.3. The van der Waals surface area contributed by atoms with E-state index in [9.17, 15) is 9.59 Å². The number of aryl methyl sites for hydroxylation is 1. The third kappa shape index (κ3) is 6.58. The van der Waals surface area contributed by atoms with Crippen LogP contribution in [0.15, 0.2) is 48.5 Å². The molecule has 0 saturated carbocycles. The largest absolute Gasteiger partial charge is 0.494 e. The molecule has 5 nitrogen and oxygen atoms in total. The number of hydrogen-bond donors (Lipinski definition) is 1. The highest BCUT2D eigenvalue weighted by atomic mass is 16.5. The van der Waals surface area contributed by atoms with Gasteiger partial charge in [0.15, 0.2) is 0 Å². The van der Waals surface area contributed by atoms with Crippen molar-refractivity contribution in [1.29, 1.82) is 0 Å². The number of hydrogen-bond acceptors (Lipinski definition) is 3. The number of rotatable bonds is 10. The molecule has 1 aliphatic heterocycles. The van der Waals surface area contributed by atoms with Crippen LogP contribution in [0, 0.1) is 12.8 Å². The van der Waals surface area contributed by atoms with Crippen molar-refractivity contribution in [2.45, 2.75) is 52.5 Å². The molecule has 0 aliphatic carbocycles. The number of nitrogens with zero attached hydrogens (tertiary/aromatic N) is 1. The maximum Gasteiger partial charge on any atom is 0.225 e. The Morgan fingerprint density at radius 3 is 2.55 bits per heavy atom. The van der Waals surface area contributed by atoms with E-state index in [1.54, 1.807) is 0 Å². The van der Waals surface area contributed by atoms with Gasteiger partial charge >= 0.3 is 0 Å². The molecule has 0 spiro atoms. The van der Waals surface area contributed by atoms with Gasteiger partial charge in [-0.15, -0.1) is 0 Å². The van der Waals surface area contributed by atoms with E-state index >= 15 is 0 Å². The summed E-state index contributed by atoms with van der Waals surface area (Å²) in [5, 5.41) is 3.07. The number of carbonyl (C=O) groups excluding carboxylic acids is 2. The average molecular weight is 423 g/mol. The van der Waals surface area contributed by atoms with Crippen LogP contribution in [0.25, 0.3) is 0 Å². The van der Waals surface area contributed by atoms with Crippen molar-refractivity contribution in [2.75, 3.05) is 19.7 Å². The van der Waals surface area contributed by atoms with Gasteiger partial charge in [-0.05, 0) is 49.9 Å². The quantitative estimate of drug-likeness (QED) is 0.576. The highest BCUT2D eigenvalue weighted by Gasteiger charge is 2.34. The Morgan fingerprint density at radius 1 is 1.16 bits per heavy atom. The van der Waals surface area contributed by atoms with Crippen molar-refractivity contribution < 1.29 is 14.3 Å². The summed E-state index contributed by atoms with van der Waals surface area (Å²) >= 11 is 0. The topological polar surface area (TPSA) is 58.6 Å². The minimum atomic E-state index is -0.287. The molecule has 5 heteroatoms. The monoisotopic (exact) mass is 422 g/mol. The lowest BCUT2D eigenvalue weighted by atomic mass is 10.0. The number of likely N-dealkylation sites (tertiary alicyclic amines) is 1. The van der Waals surface area contributed by atoms with Crippen molar-refractivity contribution in [2.24, 2.45) is 5.92 Å². The Bertz CT molecular complexity index is 861. The van der Waals surface area contributed by atoms with Crippen LogP contribution in [0.5, 0.6) is 5.75 Å². The Balaban J connectivity index is 1.47. The van der Waals surface area contributed by atoms with Crippen molar-refractivity contribution in [3.05, 3.63) is 65.2 Å². The molecule has 31 heavy (non-hydrogen) atoms. The fourth-order valence-corrected chi connectivity index (χ4v) is 3.78. The summed E-state index contributed by atoms with van der Waals surface area (Å²) in [7, 11) is 0. The van der Waals surface area contributed by atoms with Crippen molar-refractivity contribution in [3.8, 4) is 5.75 Å². The van der Waals surface area contributed by atoms with Gasteiger partial charge in [0.25, 0.3) is 0 Å². The number of nitrogens with one attached hydrogen (secondary N) is 1. The number of ether oxygens (including phenoxy) is 1. The highest BCUT2D eigenvalue weighted by Crippen LogP contribution is 2.22. The van der Waals surface area contributed by atoms with Crippen LogP contribution in [0.1, 0.15) is 55.8 Å². The number of amides is 2. The Labute approximate surface area is 185 Å². The third-order valence-electron chi connectivity index (χ3n) is 5.88. The van der Waals surface area contributed by atoms with Crippen molar-refractivity contribution in [3.63, 3.8) is 0 Å². The van der Waals surface area contributed by atoms with Crippen molar-refractivity contribution >= 4 is 11.8 Å².